The SMILES string of the molecule is CCNCc1cnc(OCCCN(C)C)nc1C. The topological polar surface area (TPSA) is 50.3 Å². The molecule has 0 aliphatic heterocycles. The summed E-state index contributed by atoms with van der Waals surface area (Å²) in [6, 6.07) is 0.478. The Bertz CT molecular complexity index is 355. The summed E-state index contributed by atoms with van der Waals surface area (Å²) in [4.78, 5) is 10.7. The molecule has 0 aliphatic carbocycles. The van der Waals surface area contributed by atoms with Gasteiger partial charge in [-0.2, -0.15) is 0 Å². The fourth-order valence-electron chi connectivity index (χ4n) is 1.52. The van der Waals surface area contributed by atoms with Gasteiger partial charge in [-0.05, 0) is 34.0 Å². The Morgan fingerprint density at radius 2 is 2.17 bits per heavy atom. The molecule has 1 aromatic heterocycles. The fraction of sp³-hybridized carbons (Fsp3) is 0.692. The number of hydrogen-bond donors (Lipinski definition) is 1. The summed E-state index contributed by atoms with van der Waals surface area (Å²) in [6.45, 7) is 7.49. The predicted molar refractivity (Wildman–Crippen MR) is 72.8 cm³/mol. The summed E-state index contributed by atoms with van der Waals surface area (Å²) in [5.74, 6) is 0. The minimum absolute atomic E-state index is 0.478. The lowest BCUT2D eigenvalue weighted by molar-refractivity contribution is 0.263. The van der Waals surface area contributed by atoms with E-state index in [0.717, 1.165) is 37.3 Å². The third kappa shape index (κ3) is 5.42. The lowest BCUT2D eigenvalue weighted by Crippen LogP contribution is -2.16. The minimum atomic E-state index is 0.478. The van der Waals surface area contributed by atoms with Crippen molar-refractivity contribution in [1.29, 1.82) is 0 Å². The van der Waals surface area contributed by atoms with E-state index < -0.39 is 0 Å². The van der Waals surface area contributed by atoms with Crippen LogP contribution in [0.1, 0.15) is 24.6 Å². The molecule has 0 atom stereocenters. The van der Waals surface area contributed by atoms with E-state index in [-0.39, 0.29) is 0 Å². The van der Waals surface area contributed by atoms with E-state index in [0.29, 0.717) is 12.6 Å². The first kappa shape index (κ1) is 14.9. The van der Waals surface area contributed by atoms with Gasteiger partial charge in [0.1, 0.15) is 0 Å². The quantitative estimate of drug-likeness (QED) is 0.705. The standard InChI is InChI=1S/C13H24N4O/c1-5-14-9-12-10-15-13(16-11(12)2)18-8-6-7-17(3)4/h10,14H,5-9H2,1-4H3. The van der Waals surface area contributed by atoms with Crippen molar-refractivity contribution in [2.24, 2.45) is 0 Å². The molecule has 5 nitrogen and oxygen atoms in total. The van der Waals surface area contributed by atoms with Crippen LogP contribution in [0.15, 0.2) is 6.20 Å². The highest BCUT2D eigenvalue weighted by molar-refractivity contribution is 5.17. The van der Waals surface area contributed by atoms with Crippen molar-refractivity contribution >= 4 is 0 Å². The molecule has 0 saturated heterocycles. The fourth-order valence-corrected chi connectivity index (χ4v) is 1.52. The average Bonchev–Trinajstić information content (AvgIpc) is 2.33. The monoisotopic (exact) mass is 252 g/mol. The van der Waals surface area contributed by atoms with Gasteiger partial charge in [0.25, 0.3) is 0 Å². The zero-order valence-corrected chi connectivity index (χ0v) is 11.9. The Labute approximate surface area is 110 Å². The molecule has 1 rings (SSSR count). The second-order valence-electron chi connectivity index (χ2n) is 4.55. The third-order valence-corrected chi connectivity index (χ3v) is 2.61. The number of aryl methyl sites for hydroxylation is 1. The molecule has 0 bridgehead atoms. The van der Waals surface area contributed by atoms with E-state index in [1.54, 1.807) is 0 Å². The van der Waals surface area contributed by atoms with E-state index in [9.17, 15) is 0 Å². The van der Waals surface area contributed by atoms with Crippen molar-refractivity contribution in [3.63, 3.8) is 0 Å². The minimum Gasteiger partial charge on any atom is -0.463 e. The number of hydrogen-bond acceptors (Lipinski definition) is 5. The number of aromatic nitrogens is 2. The Morgan fingerprint density at radius 3 is 2.78 bits per heavy atom. The maximum atomic E-state index is 5.53. The highest BCUT2D eigenvalue weighted by atomic mass is 16.5. The van der Waals surface area contributed by atoms with E-state index >= 15 is 0 Å². The summed E-state index contributed by atoms with van der Waals surface area (Å²) < 4.78 is 5.53. The molecule has 0 unspecified atom stereocenters. The first-order valence-corrected chi connectivity index (χ1v) is 6.44. The van der Waals surface area contributed by atoms with Crippen LogP contribution in [0.2, 0.25) is 0 Å². The molecule has 0 spiro atoms. The van der Waals surface area contributed by atoms with Gasteiger partial charge in [-0.25, -0.2) is 9.97 Å². The van der Waals surface area contributed by atoms with Crippen LogP contribution in [0.3, 0.4) is 0 Å². The van der Waals surface area contributed by atoms with Gasteiger partial charge in [0.05, 0.1) is 6.61 Å². The van der Waals surface area contributed by atoms with Crippen molar-refractivity contribution in [2.45, 2.75) is 26.8 Å². The van der Waals surface area contributed by atoms with Gasteiger partial charge in [-0.1, -0.05) is 6.92 Å². The molecule has 1 aromatic rings. The summed E-state index contributed by atoms with van der Waals surface area (Å²) >= 11 is 0. The molecule has 1 N–H and O–H groups in total. The van der Waals surface area contributed by atoms with Crippen LogP contribution in [0.25, 0.3) is 0 Å². The van der Waals surface area contributed by atoms with E-state index in [1.807, 2.05) is 13.1 Å². The van der Waals surface area contributed by atoms with E-state index in [2.05, 4.69) is 41.2 Å². The summed E-state index contributed by atoms with van der Waals surface area (Å²) in [5, 5.41) is 3.26. The number of nitrogens with one attached hydrogen (secondary N) is 1. The molecule has 0 amide bonds. The van der Waals surface area contributed by atoms with Crippen LogP contribution >= 0.6 is 0 Å². The average molecular weight is 252 g/mol. The van der Waals surface area contributed by atoms with Gasteiger partial charge in [0, 0.05) is 30.5 Å². The lowest BCUT2D eigenvalue weighted by atomic mass is 10.2. The summed E-state index contributed by atoms with van der Waals surface area (Å²) in [5.41, 5.74) is 2.10. The Morgan fingerprint density at radius 1 is 1.39 bits per heavy atom. The molecule has 0 radical (unpaired) electrons. The molecule has 0 saturated carbocycles. The second-order valence-corrected chi connectivity index (χ2v) is 4.55. The van der Waals surface area contributed by atoms with Crippen LogP contribution in [-0.4, -0.2) is 48.7 Å². The van der Waals surface area contributed by atoms with Crippen LogP contribution < -0.4 is 10.1 Å². The second kappa shape index (κ2) is 8.00. The van der Waals surface area contributed by atoms with Crippen molar-refractivity contribution in [1.82, 2.24) is 20.2 Å². The Kier molecular flexibility index (Phi) is 6.60. The van der Waals surface area contributed by atoms with Crippen molar-refractivity contribution in [3.8, 4) is 6.01 Å². The zero-order chi connectivity index (χ0) is 13.4. The van der Waals surface area contributed by atoms with Crippen molar-refractivity contribution in [3.05, 3.63) is 17.5 Å². The maximum Gasteiger partial charge on any atom is 0.316 e. The van der Waals surface area contributed by atoms with E-state index in [4.69, 9.17) is 4.74 Å². The van der Waals surface area contributed by atoms with Crippen molar-refractivity contribution in [2.75, 3.05) is 33.8 Å². The van der Waals surface area contributed by atoms with Gasteiger partial charge >= 0.3 is 6.01 Å². The smallest absolute Gasteiger partial charge is 0.316 e. The maximum absolute atomic E-state index is 5.53. The van der Waals surface area contributed by atoms with Gasteiger partial charge < -0.3 is 15.0 Å². The van der Waals surface area contributed by atoms with Crippen molar-refractivity contribution < 1.29 is 4.74 Å². The van der Waals surface area contributed by atoms with Crippen LogP contribution in [0.4, 0.5) is 0 Å². The normalized spacial score (nSPS) is 10.9. The molecule has 0 aromatic carbocycles. The number of nitrogens with zero attached hydrogens (tertiary/aromatic N) is 3. The molecule has 18 heavy (non-hydrogen) atoms. The van der Waals surface area contributed by atoms with Crippen LogP contribution in [-0.2, 0) is 6.54 Å². The molecular weight excluding hydrogens is 228 g/mol. The molecular formula is C13H24N4O. The molecule has 0 fully saturated rings. The Balaban J connectivity index is 2.41. The van der Waals surface area contributed by atoms with Crippen LogP contribution in [0.5, 0.6) is 6.01 Å². The van der Waals surface area contributed by atoms with Gasteiger partial charge in [-0.15, -0.1) is 0 Å². The number of rotatable bonds is 8. The molecule has 5 heteroatoms. The van der Waals surface area contributed by atoms with E-state index in [1.165, 1.54) is 0 Å². The first-order chi connectivity index (χ1) is 8.63. The highest BCUT2D eigenvalue weighted by Gasteiger charge is 2.03. The highest BCUT2D eigenvalue weighted by Crippen LogP contribution is 2.08. The molecule has 1 heterocycles. The van der Waals surface area contributed by atoms with Crippen LogP contribution in [0, 0.1) is 6.92 Å². The van der Waals surface area contributed by atoms with Gasteiger partial charge in [0.2, 0.25) is 0 Å². The largest absolute Gasteiger partial charge is 0.463 e. The third-order valence-electron chi connectivity index (χ3n) is 2.61. The summed E-state index contributed by atoms with van der Waals surface area (Å²) in [7, 11) is 4.10. The molecule has 0 aliphatic rings. The van der Waals surface area contributed by atoms with Gasteiger partial charge in [0.15, 0.2) is 0 Å². The lowest BCUT2D eigenvalue weighted by Gasteiger charge is -2.10. The van der Waals surface area contributed by atoms with Gasteiger partial charge in [-0.3, -0.25) is 0 Å². The summed E-state index contributed by atoms with van der Waals surface area (Å²) in [6.07, 6.45) is 2.82. The zero-order valence-electron chi connectivity index (χ0n) is 11.9. The predicted octanol–water partition coefficient (Wildman–Crippen LogP) is 1.23. The molecule has 102 valence electrons. The number of ether oxygens (including phenoxy) is 1. The Hall–Kier alpha value is -1.20. The first-order valence-electron chi connectivity index (χ1n) is 6.44.